The number of carboxylic acid groups (broad SMARTS) is 1. The van der Waals surface area contributed by atoms with E-state index in [2.05, 4.69) is 15.3 Å². The fourth-order valence-electron chi connectivity index (χ4n) is 3.15. The van der Waals surface area contributed by atoms with Gasteiger partial charge in [0.05, 0.1) is 17.2 Å². The largest absolute Gasteiger partial charge is 0.481 e. The second-order valence-corrected chi connectivity index (χ2v) is 7.31. The summed E-state index contributed by atoms with van der Waals surface area (Å²) in [5.41, 5.74) is 3.01. The molecule has 136 valence electrons. The van der Waals surface area contributed by atoms with Crippen molar-refractivity contribution >= 4 is 34.4 Å². The van der Waals surface area contributed by atoms with Gasteiger partial charge in [-0.25, -0.2) is 0 Å². The van der Waals surface area contributed by atoms with Crippen LogP contribution in [0.5, 0.6) is 0 Å². The Morgan fingerprint density at radius 3 is 2.78 bits per heavy atom. The second-order valence-electron chi connectivity index (χ2n) is 6.33. The standard InChI is InChI=1S/C20H17N3O3S/c1-11(20(25)26)17-16(13-6-2-3-7-14(13)22-17)18(24)15-10-27-19(23-15)12-5-4-8-21-9-12/h2-11,19,22-23H,1H3,(H,25,26). The van der Waals surface area contributed by atoms with Crippen LogP contribution < -0.4 is 5.32 Å². The molecule has 3 N–H and O–H groups in total. The van der Waals surface area contributed by atoms with Gasteiger partial charge in [0.25, 0.3) is 0 Å². The topological polar surface area (TPSA) is 95.1 Å². The molecular weight excluding hydrogens is 362 g/mol. The minimum atomic E-state index is -0.980. The molecule has 6 nitrogen and oxygen atoms in total. The molecule has 3 heterocycles. The van der Waals surface area contributed by atoms with Crippen molar-refractivity contribution in [3.8, 4) is 0 Å². The van der Waals surface area contributed by atoms with Gasteiger partial charge in [-0.3, -0.25) is 14.6 Å². The van der Waals surface area contributed by atoms with Gasteiger partial charge in [0.15, 0.2) is 0 Å². The molecule has 0 bridgehead atoms. The molecule has 1 aromatic carbocycles. The average Bonchev–Trinajstić information content (AvgIpc) is 3.32. The predicted molar refractivity (Wildman–Crippen MR) is 104 cm³/mol. The number of Topliss-reactive ketones (excluding diaryl/α,β-unsaturated/α-hetero) is 1. The number of thioether (sulfide) groups is 1. The summed E-state index contributed by atoms with van der Waals surface area (Å²) in [6, 6.07) is 11.2. The summed E-state index contributed by atoms with van der Waals surface area (Å²) in [5, 5.41) is 15.1. The molecule has 0 radical (unpaired) electrons. The lowest BCUT2D eigenvalue weighted by atomic mass is 9.97. The van der Waals surface area contributed by atoms with Gasteiger partial charge >= 0.3 is 5.97 Å². The van der Waals surface area contributed by atoms with E-state index >= 15 is 0 Å². The molecule has 0 saturated carbocycles. The van der Waals surface area contributed by atoms with Crippen LogP contribution in [0.4, 0.5) is 0 Å². The summed E-state index contributed by atoms with van der Waals surface area (Å²) >= 11 is 1.49. The van der Waals surface area contributed by atoms with Gasteiger partial charge in [-0.05, 0) is 19.1 Å². The lowest BCUT2D eigenvalue weighted by Gasteiger charge is -2.13. The van der Waals surface area contributed by atoms with Crippen molar-refractivity contribution in [2.75, 3.05) is 0 Å². The molecule has 1 aliphatic heterocycles. The highest BCUT2D eigenvalue weighted by Crippen LogP contribution is 2.37. The van der Waals surface area contributed by atoms with Crippen LogP contribution in [0.1, 0.15) is 39.8 Å². The van der Waals surface area contributed by atoms with Gasteiger partial charge < -0.3 is 15.4 Å². The van der Waals surface area contributed by atoms with Crippen LogP contribution in [-0.2, 0) is 4.79 Å². The van der Waals surface area contributed by atoms with Crippen molar-refractivity contribution in [3.63, 3.8) is 0 Å². The van der Waals surface area contributed by atoms with Crippen molar-refractivity contribution in [3.05, 3.63) is 76.7 Å². The van der Waals surface area contributed by atoms with Crippen molar-refractivity contribution < 1.29 is 14.7 Å². The van der Waals surface area contributed by atoms with E-state index in [0.717, 1.165) is 16.5 Å². The number of fused-ring (bicyclic) bond motifs is 1. The van der Waals surface area contributed by atoms with E-state index in [0.29, 0.717) is 17.0 Å². The molecule has 7 heteroatoms. The van der Waals surface area contributed by atoms with E-state index in [9.17, 15) is 14.7 Å². The van der Waals surface area contributed by atoms with E-state index < -0.39 is 11.9 Å². The SMILES string of the molecule is CC(C(=O)O)c1[nH]c2ccccc2c1C(=O)C1=CSC(c2cccnc2)N1. The van der Waals surface area contributed by atoms with Gasteiger partial charge in [0.1, 0.15) is 5.37 Å². The zero-order chi connectivity index (χ0) is 19.0. The molecule has 2 atom stereocenters. The molecule has 2 unspecified atom stereocenters. The second kappa shape index (κ2) is 6.92. The number of carbonyl (C=O) groups excluding carboxylic acids is 1. The number of aromatic nitrogens is 2. The normalized spacial score (nSPS) is 17.4. The molecule has 3 aromatic rings. The van der Waals surface area contributed by atoms with Gasteiger partial charge in [0, 0.05) is 40.0 Å². The summed E-state index contributed by atoms with van der Waals surface area (Å²) in [6.45, 7) is 1.58. The zero-order valence-electron chi connectivity index (χ0n) is 14.5. The maximum absolute atomic E-state index is 13.3. The van der Waals surface area contributed by atoms with E-state index in [1.54, 1.807) is 24.7 Å². The van der Waals surface area contributed by atoms with Crippen molar-refractivity contribution in [2.24, 2.45) is 0 Å². The molecule has 0 spiro atoms. The number of allylic oxidation sites excluding steroid dienone is 1. The molecule has 1 aliphatic rings. The molecule has 0 amide bonds. The Morgan fingerprint density at radius 1 is 1.22 bits per heavy atom. The first-order valence-corrected chi connectivity index (χ1v) is 9.40. The average molecular weight is 379 g/mol. The van der Waals surface area contributed by atoms with Crippen LogP contribution in [0.15, 0.2) is 59.9 Å². The van der Waals surface area contributed by atoms with Gasteiger partial charge in [-0.1, -0.05) is 24.3 Å². The van der Waals surface area contributed by atoms with Gasteiger partial charge in [0.2, 0.25) is 5.78 Å². The summed E-state index contributed by atoms with van der Waals surface area (Å²) in [4.78, 5) is 32.0. The lowest BCUT2D eigenvalue weighted by Crippen LogP contribution is -2.21. The molecule has 4 rings (SSSR count). The minimum absolute atomic E-state index is 0.0943. The number of para-hydroxylation sites is 1. The highest BCUT2D eigenvalue weighted by molar-refractivity contribution is 8.02. The summed E-state index contributed by atoms with van der Waals surface area (Å²) in [6.07, 6.45) is 3.46. The number of hydrogen-bond acceptors (Lipinski definition) is 5. The van der Waals surface area contributed by atoms with Crippen molar-refractivity contribution in [2.45, 2.75) is 18.2 Å². The Balaban J connectivity index is 1.71. The number of rotatable bonds is 5. The number of hydrogen-bond donors (Lipinski definition) is 3. The van der Waals surface area contributed by atoms with Crippen molar-refractivity contribution in [1.82, 2.24) is 15.3 Å². The Morgan fingerprint density at radius 2 is 2.04 bits per heavy atom. The Hall–Kier alpha value is -3.06. The number of benzene rings is 1. The zero-order valence-corrected chi connectivity index (χ0v) is 15.3. The number of nitrogens with one attached hydrogen (secondary N) is 2. The fourth-order valence-corrected chi connectivity index (χ4v) is 4.09. The van der Waals surface area contributed by atoms with Crippen molar-refractivity contribution in [1.29, 1.82) is 0 Å². The monoisotopic (exact) mass is 379 g/mol. The molecule has 2 aromatic heterocycles. The van der Waals surface area contributed by atoms with E-state index in [4.69, 9.17) is 0 Å². The molecule has 0 fully saturated rings. The molecule has 0 aliphatic carbocycles. The highest BCUT2D eigenvalue weighted by Gasteiger charge is 2.30. The van der Waals surface area contributed by atoms with Crippen LogP contribution in [0, 0.1) is 0 Å². The molecular formula is C20H17N3O3S. The molecule has 27 heavy (non-hydrogen) atoms. The minimum Gasteiger partial charge on any atom is -0.481 e. The van der Waals surface area contributed by atoms with E-state index in [-0.39, 0.29) is 11.2 Å². The van der Waals surface area contributed by atoms with Gasteiger partial charge in [-0.15, -0.1) is 11.8 Å². The number of carboxylic acids is 1. The summed E-state index contributed by atoms with van der Waals surface area (Å²) < 4.78 is 0. The van der Waals surface area contributed by atoms with Crippen LogP contribution >= 0.6 is 11.8 Å². The Kier molecular flexibility index (Phi) is 4.45. The smallest absolute Gasteiger partial charge is 0.312 e. The molecule has 0 saturated heterocycles. The van der Waals surface area contributed by atoms with Crippen LogP contribution in [0.2, 0.25) is 0 Å². The number of aliphatic carboxylic acids is 1. The van der Waals surface area contributed by atoms with Crippen LogP contribution in [0.3, 0.4) is 0 Å². The van der Waals surface area contributed by atoms with Crippen LogP contribution in [-0.4, -0.2) is 26.8 Å². The third-order valence-electron chi connectivity index (χ3n) is 4.61. The lowest BCUT2D eigenvalue weighted by molar-refractivity contribution is -0.138. The number of aromatic amines is 1. The number of H-pyrrole nitrogens is 1. The van der Waals surface area contributed by atoms with E-state index in [1.807, 2.05) is 36.4 Å². The number of ketones is 1. The predicted octanol–water partition coefficient (Wildman–Crippen LogP) is 3.81. The van der Waals surface area contributed by atoms with Gasteiger partial charge in [-0.2, -0.15) is 0 Å². The Labute approximate surface area is 159 Å². The third kappa shape index (κ3) is 3.10. The highest BCUT2D eigenvalue weighted by atomic mass is 32.2. The number of pyridine rings is 1. The maximum Gasteiger partial charge on any atom is 0.312 e. The number of nitrogens with zero attached hydrogens (tertiary/aromatic N) is 1. The first kappa shape index (κ1) is 17.4. The first-order valence-electron chi connectivity index (χ1n) is 8.46. The Bertz CT molecular complexity index is 1060. The summed E-state index contributed by atoms with van der Waals surface area (Å²) in [5.74, 6) is -2.01. The third-order valence-corrected chi connectivity index (χ3v) is 5.64. The van der Waals surface area contributed by atoms with Crippen LogP contribution in [0.25, 0.3) is 10.9 Å². The van der Waals surface area contributed by atoms with E-state index in [1.165, 1.54) is 11.8 Å². The number of carbonyl (C=O) groups is 2. The maximum atomic E-state index is 13.3. The summed E-state index contributed by atoms with van der Waals surface area (Å²) in [7, 11) is 0. The fraction of sp³-hybridized carbons (Fsp3) is 0.150. The quantitative estimate of drug-likeness (QED) is 0.584. The first-order chi connectivity index (χ1) is 13.1.